The van der Waals surface area contributed by atoms with Crippen LogP contribution in [0.25, 0.3) is 0 Å². The Morgan fingerprint density at radius 3 is 2.37 bits per heavy atom. The molecule has 0 radical (unpaired) electrons. The van der Waals surface area contributed by atoms with E-state index in [1.165, 1.54) is 31.2 Å². The van der Waals surface area contributed by atoms with Crippen molar-refractivity contribution in [2.75, 3.05) is 15.9 Å². The second-order valence-electron chi connectivity index (χ2n) is 6.06. The highest BCUT2D eigenvalue weighted by Gasteiger charge is 2.33. The number of para-hydroxylation sites is 1. The first kappa shape index (κ1) is 20.6. The third kappa shape index (κ3) is 4.91. The number of carbonyl (C=O) groups is 2. The van der Waals surface area contributed by atoms with E-state index in [1.807, 2.05) is 0 Å². The lowest BCUT2D eigenvalue weighted by Gasteiger charge is -2.30. The topological polar surface area (TPSA) is 83.6 Å². The highest BCUT2D eigenvalue weighted by molar-refractivity contribution is 7.92. The number of amides is 1. The number of nitrogens with one attached hydrogen (secondary N) is 1. The molecule has 144 valence electrons. The van der Waals surface area contributed by atoms with Gasteiger partial charge in [-0.3, -0.25) is 13.9 Å². The fourth-order valence-electron chi connectivity index (χ4n) is 2.71. The lowest BCUT2D eigenvalue weighted by molar-refractivity contribution is -0.117. The zero-order valence-electron chi connectivity index (χ0n) is 15.3. The molecule has 0 saturated carbocycles. The quantitative estimate of drug-likeness (QED) is 0.734. The lowest BCUT2D eigenvalue weighted by atomic mass is 10.1. The Bertz CT molecular complexity index is 960. The second kappa shape index (κ2) is 8.30. The minimum absolute atomic E-state index is 0.125. The molecule has 6 nitrogen and oxygen atoms in total. The molecule has 0 aliphatic carbocycles. The zero-order valence-corrected chi connectivity index (χ0v) is 16.1. The summed E-state index contributed by atoms with van der Waals surface area (Å²) >= 11 is 0. The minimum atomic E-state index is -3.93. The van der Waals surface area contributed by atoms with Gasteiger partial charge in [0.05, 0.1) is 11.9 Å². The van der Waals surface area contributed by atoms with Crippen LogP contribution >= 0.6 is 0 Å². The van der Waals surface area contributed by atoms with Gasteiger partial charge in [0, 0.05) is 11.3 Å². The highest BCUT2D eigenvalue weighted by Crippen LogP contribution is 2.26. The van der Waals surface area contributed by atoms with E-state index in [1.54, 1.807) is 25.1 Å². The number of nitrogens with zero attached hydrogens (tertiary/aromatic N) is 1. The van der Waals surface area contributed by atoms with E-state index in [9.17, 15) is 22.4 Å². The molecule has 0 aliphatic rings. The third-order valence-electron chi connectivity index (χ3n) is 3.96. The normalized spacial score (nSPS) is 12.3. The van der Waals surface area contributed by atoms with Crippen LogP contribution in [0.2, 0.25) is 0 Å². The molecule has 0 bridgehead atoms. The van der Waals surface area contributed by atoms with Crippen LogP contribution in [0.15, 0.2) is 48.5 Å². The molecular weight excluding hydrogens is 371 g/mol. The van der Waals surface area contributed by atoms with Gasteiger partial charge in [-0.1, -0.05) is 31.2 Å². The molecule has 0 spiro atoms. The minimum Gasteiger partial charge on any atom is -0.324 e. The number of anilines is 2. The van der Waals surface area contributed by atoms with E-state index in [-0.39, 0.29) is 17.9 Å². The first-order chi connectivity index (χ1) is 12.6. The second-order valence-corrected chi connectivity index (χ2v) is 7.92. The van der Waals surface area contributed by atoms with Crippen LogP contribution in [0, 0.1) is 5.82 Å². The van der Waals surface area contributed by atoms with Crippen molar-refractivity contribution in [2.45, 2.75) is 26.3 Å². The molecule has 0 heterocycles. The van der Waals surface area contributed by atoms with Crippen molar-refractivity contribution in [1.82, 2.24) is 0 Å². The van der Waals surface area contributed by atoms with Crippen molar-refractivity contribution >= 4 is 33.1 Å². The standard InChI is InChI=1S/C19H21FN2O4S/c1-4-17(19(24)21-15-9-7-8-14(12-15)13(2)23)22(27(3,25)26)18-11-6-5-10-16(18)20/h5-12,17H,4H2,1-3H3,(H,21,24)/t17-/m1/s1. The predicted molar refractivity (Wildman–Crippen MR) is 103 cm³/mol. The summed E-state index contributed by atoms with van der Waals surface area (Å²) in [6.07, 6.45) is 1.05. The Labute approximate surface area is 158 Å². The average Bonchev–Trinajstić information content (AvgIpc) is 2.59. The summed E-state index contributed by atoms with van der Waals surface area (Å²) in [6.45, 7) is 3.04. The van der Waals surface area contributed by atoms with Gasteiger partial charge in [0.15, 0.2) is 5.78 Å². The number of benzene rings is 2. The Morgan fingerprint density at radius 1 is 1.15 bits per heavy atom. The molecule has 1 atom stereocenters. The van der Waals surface area contributed by atoms with Gasteiger partial charge in [0.1, 0.15) is 11.9 Å². The number of ketones is 1. The molecule has 2 aromatic rings. The van der Waals surface area contributed by atoms with Crippen LogP contribution in [0.5, 0.6) is 0 Å². The molecule has 0 saturated heterocycles. The van der Waals surface area contributed by atoms with Crippen LogP contribution < -0.4 is 9.62 Å². The van der Waals surface area contributed by atoms with Crippen molar-refractivity contribution in [3.05, 3.63) is 59.9 Å². The SMILES string of the molecule is CC[C@H](C(=O)Nc1cccc(C(C)=O)c1)N(c1ccccc1F)S(C)(=O)=O. The van der Waals surface area contributed by atoms with Crippen molar-refractivity contribution in [3.63, 3.8) is 0 Å². The first-order valence-electron chi connectivity index (χ1n) is 8.31. The number of hydrogen-bond donors (Lipinski definition) is 1. The maximum atomic E-state index is 14.2. The molecule has 2 aromatic carbocycles. The van der Waals surface area contributed by atoms with Crippen LogP contribution in [-0.4, -0.2) is 32.4 Å². The summed E-state index contributed by atoms with van der Waals surface area (Å²) in [4.78, 5) is 24.3. The Kier molecular flexibility index (Phi) is 6.32. The van der Waals surface area contributed by atoms with Gasteiger partial charge in [-0.2, -0.15) is 0 Å². The third-order valence-corrected chi connectivity index (χ3v) is 5.12. The van der Waals surface area contributed by atoms with Crippen molar-refractivity contribution in [3.8, 4) is 0 Å². The van der Waals surface area contributed by atoms with E-state index in [0.717, 1.165) is 16.6 Å². The summed E-state index contributed by atoms with van der Waals surface area (Å²) < 4.78 is 39.6. The van der Waals surface area contributed by atoms with Gasteiger partial charge in [-0.15, -0.1) is 0 Å². The maximum Gasteiger partial charge on any atom is 0.248 e. The van der Waals surface area contributed by atoms with Crippen LogP contribution in [0.1, 0.15) is 30.6 Å². The molecule has 1 amide bonds. The Balaban J connectivity index is 2.40. The van der Waals surface area contributed by atoms with Gasteiger partial charge < -0.3 is 5.32 Å². The number of sulfonamides is 1. The Hall–Kier alpha value is -2.74. The molecule has 0 fully saturated rings. The van der Waals surface area contributed by atoms with Gasteiger partial charge in [0.25, 0.3) is 0 Å². The van der Waals surface area contributed by atoms with Crippen molar-refractivity contribution in [2.24, 2.45) is 0 Å². The molecular formula is C19H21FN2O4S. The fourth-order valence-corrected chi connectivity index (χ4v) is 3.92. The number of rotatable bonds is 7. The van der Waals surface area contributed by atoms with E-state index in [2.05, 4.69) is 5.32 Å². The smallest absolute Gasteiger partial charge is 0.248 e. The lowest BCUT2D eigenvalue weighted by Crippen LogP contribution is -2.47. The van der Waals surface area contributed by atoms with Gasteiger partial charge in [-0.25, -0.2) is 12.8 Å². The van der Waals surface area contributed by atoms with E-state index in [4.69, 9.17) is 0 Å². The van der Waals surface area contributed by atoms with Crippen LogP contribution in [0.4, 0.5) is 15.8 Å². The summed E-state index contributed by atoms with van der Waals surface area (Å²) in [5.74, 6) is -1.53. The average molecular weight is 392 g/mol. The Morgan fingerprint density at radius 2 is 1.81 bits per heavy atom. The van der Waals surface area contributed by atoms with E-state index in [0.29, 0.717) is 11.3 Å². The summed E-state index contributed by atoms with van der Waals surface area (Å²) in [5.41, 5.74) is 0.572. The van der Waals surface area contributed by atoms with E-state index < -0.39 is 27.8 Å². The summed E-state index contributed by atoms with van der Waals surface area (Å²) in [6, 6.07) is 10.5. The van der Waals surface area contributed by atoms with E-state index >= 15 is 0 Å². The molecule has 0 unspecified atom stereocenters. The highest BCUT2D eigenvalue weighted by atomic mass is 32.2. The first-order valence-corrected chi connectivity index (χ1v) is 10.2. The maximum absolute atomic E-state index is 14.2. The molecule has 2 rings (SSSR count). The molecule has 27 heavy (non-hydrogen) atoms. The van der Waals surface area contributed by atoms with Crippen LogP contribution in [0.3, 0.4) is 0 Å². The van der Waals surface area contributed by atoms with Crippen molar-refractivity contribution < 1.29 is 22.4 Å². The number of Topliss-reactive ketones (excluding diaryl/α,β-unsaturated/α-hetero) is 1. The van der Waals surface area contributed by atoms with Gasteiger partial charge in [0.2, 0.25) is 15.9 Å². The monoisotopic (exact) mass is 392 g/mol. The largest absolute Gasteiger partial charge is 0.324 e. The van der Waals surface area contributed by atoms with Gasteiger partial charge >= 0.3 is 0 Å². The fraction of sp³-hybridized carbons (Fsp3) is 0.263. The molecule has 0 aromatic heterocycles. The molecule has 8 heteroatoms. The van der Waals surface area contributed by atoms with Crippen molar-refractivity contribution in [1.29, 1.82) is 0 Å². The number of hydrogen-bond acceptors (Lipinski definition) is 4. The number of halogens is 1. The summed E-state index contributed by atoms with van der Waals surface area (Å²) in [5, 5.41) is 2.61. The molecule has 0 aliphatic heterocycles. The van der Waals surface area contributed by atoms with Gasteiger partial charge in [-0.05, 0) is 37.6 Å². The predicted octanol–water partition coefficient (Wildman–Crippen LogP) is 3.21. The molecule has 1 N–H and O–H groups in total. The zero-order chi connectivity index (χ0) is 20.2. The van der Waals surface area contributed by atoms with Crippen LogP contribution in [-0.2, 0) is 14.8 Å². The summed E-state index contributed by atoms with van der Waals surface area (Å²) in [7, 11) is -3.93. The number of carbonyl (C=O) groups excluding carboxylic acids is 2.